The molecule has 1 atom stereocenters. The lowest BCUT2D eigenvalue weighted by molar-refractivity contribution is -0.121. The standard InChI is InChI=1S/C25H26ClN5O2/c1-17(19-7-4-3-5-8-19)15-27-23(32)9-6-14-30-25(33)24-22(18(2)28-30)16-31(29-24)21-12-10-20(26)11-13-21/h3-5,7-8,10-13,16-17H,6,9,14-15H2,1-2H3,(H,27,32). The number of aryl methyl sites for hydroxylation is 2. The van der Waals surface area contributed by atoms with Gasteiger partial charge in [0.25, 0.3) is 5.56 Å². The van der Waals surface area contributed by atoms with Gasteiger partial charge in [-0.2, -0.15) is 10.2 Å². The smallest absolute Gasteiger partial charge is 0.295 e. The van der Waals surface area contributed by atoms with Crippen LogP contribution in [0.3, 0.4) is 0 Å². The number of amides is 1. The van der Waals surface area contributed by atoms with Crippen LogP contribution < -0.4 is 10.9 Å². The number of nitrogens with one attached hydrogen (secondary N) is 1. The van der Waals surface area contributed by atoms with E-state index in [1.165, 1.54) is 10.2 Å². The van der Waals surface area contributed by atoms with Gasteiger partial charge in [0.05, 0.1) is 11.4 Å². The van der Waals surface area contributed by atoms with E-state index < -0.39 is 0 Å². The van der Waals surface area contributed by atoms with Crippen LogP contribution in [0, 0.1) is 6.92 Å². The first-order valence-corrected chi connectivity index (χ1v) is 11.3. The molecule has 4 aromatic rings. The maximum absolute atomic E-state index is 12.9. The Morgan fingerprint density at radius 3 is 2.55 bits per heavy atom. The van der Waals surface area contributed by atoms with Crippen LogP contribution in [0.5, 0.6) is 0 Å². The predicted octanol–water partition coefficient (Wildman–Crippen LogP) is 4.24. The normalized spacial score (nSPS) is 12.1. The number of hydrogen-bond donors (Lipinski definition) is 1. The number of carbonyl (C=O) groups excluding carboxylic acids is 1. The molecular weight excluding hydrogens is 438 g/mol. The maximum atomic E-state index is 12.9. The summed E-state index contributed by atoms with van der Waals surface area (Å²) < 4.78 is 3.06. The number of rotatable bonds is 8. The van der Waals surface area contributed by atoms with E-state index >= 15 is 0 Å². The first kappa shape index (κ1) is 22.7. The van der Waals surface area contributed by atoms with Crippen molar-refractivity contribution in [3.8, 4) is 5.69 Å². The number of hydrogen-bond acceptors (Lipinski definition) is 4. The molecule has 7 nitrogen and oxygen atoms in total. The highest BCUT2D eigenvalue weighted by atomic mass is 35.5. The molecule has 1 N–H and O–H groups in total. The molecule has 0 aliphatic heterocycles. The Labute approximate surface area is 197 Å². The molecule has 1 amide bonds. The molecule has 0 fully saturated rings. The fourth-order valence-electron chi connectivity index (χ4n) is 3.72. The maximum Gasteiger partial charge on any atom is 0.295 e. The number of carbonyl (C=O) groups is 1. The van der Waals surface area contributed by atoms with E-state index in [2.05, 4.69) is 34.6 Å². The van der Waals surface area contributed by atoms with Crippen LogP contribution in [0.1, 0.15) is 36.9 Å². The number of benzene rings is 2. The van der Waals surface area contributed by atoms with Crippen LogP contribution in [0.4, 0.5) is 0 Å². The summed E-state index contributed by atoms with van der Waals surface area (Å²) >= 11 is 5.96. The molecule has 1 unspecified atom stereocenters. The molecule has 0 aliphatic carbocycles. The molecule has 0 aliphatic rings. The minimum absolute atomic E-state index is 0.0318. The summed E-state index contributed by atoms with van der Waals surface area (Å²) in [6, 6.07) is 17.3. The Balaban J connectivity index is 1.38. The quantitative estimate of drug-likeness (QED) is 0.423. The molecule has 0 saturated carbocycles. The minimum atomic E-state index is -0.263. The topological polar surface area (TPSA) is 81.8 Å². The van der Waals surface area contributed by atoms with E-state index in [-0.39, 0.29) is 17.4 Å². The van der Waals surface area contributed by atoms with Crippen molar-refractivity contribution in [2.45, 2.75) is 39.2 Å². The first-order chi connectivity index (χ1) is 15.9. The highest BCUT2D eigenvalue weighted by Crippen LogP contribution is 2.17. The summed E-state index contributed by atoms with van der Waals surface area (Å²) in [4.78, 5) is 25.2. The van der Waals surface area contributed by atoms with E-state index in [4.69, 9.17) is 11.6 Å². The molecule has 2 aromatic carbocycles. The highest BCUT2D eigenvalue weighted by molar-refractivity contribution is 6.30. The third kappa shape index (κ3) is 5.31. The van der Waals surface area contributed by atoms with Crippen LogP contribution in [-0.4, -0.2) is 32.0 Å². The third-order valence-corrected chi connectivity index (χ3v) is 5.90. The van der Waals surface area contributed by atoms with Gasteiger partial charge < -0.3 is 5.32 Å². The molecule has 0 radical (unpaired) electrons. The molecule has 2 heterocycles. The Kier molecular flexibility index (Phi) is 6.89. The summed E-state index contributed by atoms with van der Waals surface area (Å²) in [6.07, 6.45) is 2.64. The summed E-state index contributed by atoms with van der Waals surface area (Å²) in [6.45, 7) is 4.86. The first-order valence-electron chi connectivity index (χ1n) is 11.0. The zero-order valence-corrected chi connectivity index (χ0v) is 19.4. The van der Waals surface area contributed by atoms with Crippen molar-refractivity contribution in [2.75, 3.05) is 6.54 Å². The van der Waals surface area contributed by atoms with E-state index in [1.54, 1.807) is 23.0 Å². The number of halogens is 1. The summed E-state index contributed by atoms with van der Waals surface area (Å²) in [5.74, 6) is 0.205. The van der Waals surface area contributed by atoms with E-state index in [0.29, 0.717) is 47.6 Å². The Morgan fingerprint density at radius 2 is 1.82 bits per heavy atom. The van der Waals surface area contributed by atoms with Gasteiger partial charge >= 0.3 is 0 Å². The number of fused-ring (bicyclic) bond motifs is 1. The largest absolute Gasteiger partial charge is 0.356 e. The van der Waals surface area contributed by atoms with Crippen molar-refractivity contribution in [1.82, 2.24) is 24.9 Å². The summed E-state index contributed by atoms with van der Waals surface area (Å²) in [5.41, 5.74) is 2.81. The fourth-order valence-corrected chi connectivity index (χ4v) is 3.85. The average molecular weight is 464 g/mol. The second-order valence-corrected chi connectivity index (χ2v) is 8.58. The molecule has 33 heavy (non-hydrogen) atoms. The Bertz CT molecular complexity index is 1310. The van der Waals surface area contributed by atoms with Crippen molar-refractivity contribution in [3.63, 3.8) is 0 Å². The van der Waals surface area contributed by atoms with Crippen LogP contribution in [-0.2, 0) is 11.3 Å². The van der Waals surface area contributed by atoms with Crippen molar-refractivity contribution >= 4 is 28.4 Å². The number of aromatic nitrogens is 4. The monoisotopic (exact) mass is 463 g/mol. The van der Waals surface area contributed by atoms with Crippen molar-refractivity contribution in [3.05, 3.63) is 87.4 Å². The third-order valence-electron chi connectivity index (χ3n) is 5.65. The lowest BCUT2D eigenvalue weighted by Gasteiger charge is -2.13. The van der Waals surface area contributed by atoms with Gasteiger partial charge in [-0.3, -0.25) is 9.59 Å². The minimum Gasteiger partial charge on any atom is -0.356 e. The van der Waals surface area contributed by atoms with E-state index in [1.807, 2.05) is 37.3 Å². The van der Waals surface area contributed by atoms with Gasteiger partial charge in [0, 0.05) is 36.1 Å². The Hall–Kier alpha value is -3.45. The zero-order valence-electron chi connectivity index (χ0n) is 18.7. The van der Waals surface area contributed by atoms with Gasteiger partial charge in [0.15, 0.2) is 5.52 Å². The van der Waals surface area contributed by atoms with E-state index in [0.717, 1.165) is 5.69 Å². The summed E-state index contributed by atoms with van der Waals surface area (Å²) in [5, 5.41) is 13.2. The van der Waals surface area contributed by atoms with Crippen molar-refractivity contribution in [1.29, 1.82) is 0 Å². The molecule has 170 valence electrons. The van der Waals surface area contributed by atoms with Gasteiger partial charge in [0.2, 0.25) is 5.91 Å². The predicted molar refractivity (Wildman–Crippen MR) is 130 cm³/mol. The lowest BCUT2D eigenvalue weighted by atomic mass is 10.0. The molecular formula is C25H26ClN5O2. The van der Waals surface area contributed by atoms with Gasteiger partial charge in [-0.15, -0.1) is 0 Å². The molecule has 0 bridgehead atoms. The molecule has 0 spiro atoms. The lowest BCUT2D eigenvalue weighted by Crippen LogP contribution is -2.28. The SMILES string of the molecule is Cc1nn(CCCC(=O)NCC(C)c2ccccc2)c(=O)c2nn(-c3ccc(Cl)cc3)cc12. The van der Waals surface area contributed by atoms with Crippen molar-refractivity contribution in [2.24, 2.45) is 0 Å². The van der Waals surface area contributed by atoms with E-state index in [9.17, 15) is 9.59 Å². The molecule has 0 saturated heterocycles. The Morgan fingerprint density at radius 1 is 1.09 bits per heavy atom. The zero-order chi connectivity index (χ0) is 23.4. The van der Waals surface area contributed by atoms with Crippen LogP contribution in [0.15, 0.2) is 65.6 Å². The van der Waals surface area contributed by atoms with Crippen LogP contribution in [0.25, 0.3) is 16.6 Å². The highest BCUT2D eigenvalue weighted by Gasteiger charge is 2.14. The molecule has 8 heteroatoms. The van der Waals surface area contributed by atoms with Crippen LogP contribution >= 0.6 is 11.6 Å². The molecule has 2 aromatic heterocycles. The fraction of sp³-hybridized carbons (Fsp3) is 0.280. The van der Waals surface area contributed by atoms with Gasteiger partial charge in [0.1, 0.15) is 0 Å². The summed E-state index contributed by atoms with van der Waals surface area (Å²) in [7, 11) is 0. The van der Waals surface area contributed by atoms with Crippen LogP contribution in [0.2, 0.25) is 5.02 Å². The van der Waals surface area contributed by atoms with Gasteiger partial charge in [-0.05, 0) is 49.1 Å². The van der Waals surface area contributed by atoms with Gasteiger partial charge in [-0.1, -0.05) is 48.9 Å². The van der Waals surface area contributed by atoms with Crippen molar-refractivity contribution < 1.29 is 4.79 Å². The second kappa shape index (κ2) is 10.0. The average Bonchev–Trinajstić information content (AvgIpc) is 3.28. The second-order valence-electron chi connectivity index (χ2n) is 8.15. The van der Waals surface area contributed by atoms with Gasteiger partial charge in [-0.25, -0.2) is 9.36 Å². The number of nitrogens with zero attached hydrogens (tertiary/aromatic N) is 4. The molecule has 4 rings (SSSR count).